The lowest BCUT2D eigenvalue weighted by atomic mass is 10.1. The van der Waals surface area contributed by atoms with E-state index in [1.807, 2.05) is 19.9 Å². The fourth-order valence-corrected chi connectivity index (χ4v) is 5.67. The van der Waals surface area contributed by atoms with E-state index in [9.17, 15) is 15.3 Å². The topological polar surface area (TPSA) is 136 Å². The Morgan fingerprint density at radius 2 is 1.83 bits per heavy atom. The van der Waals surface area contributed by atoms with Crippen molar-refractivity contribution in [2.45, 2.75) is 51.5 Å². The molecule has 3 aromatic heterocycles. The number of nitrogens with zero attached hydrogens (tertiary/aromatic N) is 4. The highest BCUT2D eigenvalue weighted by atomic mass is 32.1. The molecule has 1 aliphatic carbocycles. The molecule has 5 rings (SSSR count). The van der Waals surface area contributed by atoms with Crippen molar-refractivity contribution in [3.05, 3.63) is 59.5 Å². The van der Waals surface area contributed by atoms with Crippen molar-refractivity contribution in [2.75, 3.05) is 17.2 Å². The molecular formula is C26H30N6O3S. The van der Waals surface area contributed by atoms with Crippen LogP contribution in [0.2, 0.25) is 0 Å². The first-order valence-electron chi connectivity index (χ1n) is 12.0. The molecule has 188 valence electrons. The third-order valence-electron chi connectivity index (χ3n) is 6.78. The van der Waals surface area contributed by atoms with Gasteiger partial charge < -0.3 is 26.0 Å². The van der Waals surface area contributed by atoms with Crippen LogP contribution in [0.1, 0.15) is 36.2 Å². The molecule has 1 fully saturated rings. The van der Waals surface area contributed by atoms with Crippen LogP contribution < -0.4 is 10.6 Å². The van der Waals surface area contributed by atoms with Gasteiger partial charge in [-0.3, -0.25) is 4.98 Å². The van der Waals surface area contributed by atoms with Gasteiger partial charge in [0.2, 0.25) is 5.95 Å². The van der Waals surface area contributed by atoms with Gasteiger partial charge in [-0.15, -0.1) is 11.3 Å². The number of thiazole rings is 1. The Labute approximate surface area is 213 Å². The van der Waals surface area contributed by atoms with Crippen LogP contribution in [-0.2, 0) is 0 Å². The molecule has 0 amide bonds. The Kier molecular flexibility index (Phi) is 6.85. The van der Waals surface area contributed by atoms with Crippen LogP contribution >= 0.6 is 11.3 Å². The third kappa shape index (κ3) is 4.77. The van der Waals surface area contributed by atoms with Gasteiger partial charge in [0.05, 0.1) is 40.3 Å². The second-order valence-corrected chi connectivity index (χ2v) is 10.4. The van der Waals surface area contributed by atoms with E-state index >= 15 is 0 Å². The number of aromatic nitrogens is 4. The molecule has 5 atom stereocenters. The first-order valence-corrected chi connectivity index (χ1v) is 12.8. The average molecular weight is 507 g/mol. The predicted octanol–water partition coefficient (Wildman–Crippen LogP) is 3.45. The second kappa shape index (κ2) is 10.1. The molecule has 3 heterocycles. The van der Waals surface area contributed by atoms with Crippen LogP contribution in [0, 0.1) is 19.8 Å². The fourth-order valence-electron chi connectivity index (χ4n) is 4.64. The summed E-state index contributed by atoms with van der Waals surface area (Å²) in [6.45, 7) is 5.81. The number of anilines is 2. The van der Waals surface area contributed by atoms with Crippen LogP contribution in [0.25, 0.3) is 20.8 Å². The van der Waals surface area contributed by atoms with Gasteiger partial charge in [0.1, 0.15) is 22.4 Å². The minimum atomic E-state index is -1.03. The minimum absolute atomic E-state index is 0.0325. The van der Waals surface area contributed by atoms with Crippen LogP contribution in [0.5, 0.6) is 0 Å². The Balaban J connectivity index is 1.53. The number of fused-ring (bicyclic) bond motifs is 1. The maximum absolute atomic E-state index is 10.6. The average Bonchev–Trinajstić information content (AvgIpc) is 3.40. The summed E-state index contributed by atoms with van der Waals surface area (Å²) in [5.74, 6) is 0.556. The first-order chi connectivity index (χ1) is 17.3. The van der Waals surface area contributed by atoms with Crippen LogP contribution in [-0.4, -0.2) is 60.1 Å². The molecule has 0 radical (unpaired) electrons. The molecule has 0 bridgehead atoms. The molecule has 0 aliphatic heterocycles. The highest BCUT2D eigenvalue weighted by Crippen LogP contribution is 2.38. The molecule has 9 nitrogen and oxygen atoms in total. The Morgan fingerprint density at radius 3 is 2.53 bits per heavy atom. The van der Waals surface area contributed by atoms with E-state index in [1.165, 1.54) is 16.9 Å². The second-order valence-electron chi connectivity index (χ2n) is 9.41. The number of rotatable bonds is 7. The van der Waals surface area contributed by atoms with Gasteiger partial charge in [0, 0.05) is 18.7 Å². The zero-order valence-corrected chi connectivity index (χ0v) is 21.2. The minimum Gasteiger partial charge on any atom is -0.396 e. The molecule has 0 saturated heterocycles. The summed E-state index contributed by atoms with van der Waals surface area (Å²) in [5.41, 5.74) is 4.55. The van der Waals surface area contributed by atoms with Crippen molar-refractivity contribution in [1.82, 2.24) is 19.9 Å². The standard InChI is InChI=1S/C26H30N6O3S/c1-13-4-6-16(7-5-13)14(2)28-26-29-15(3)21(25-31-19-11-27-9-8-20(19)36-25)24(32-26)30-18-10-17(12-33)22(34)23(18)35/h4-9,11,14,17-18,22-23,33-35H,10,12H2,1-3H3,(H2,28,29,30,32)/t14-,17+,18+,22+,23-/m0/s1. The number of aliphatic hydroxyl groups is 3. The zero-order chi connectivity index (χ0) is 25.4. The van der Waals surface area contributed by atoms with E-state index < -0.39 is 24.2 Å². The molecule has 1 aromatic carbocycles. The van der Waals surface area contributed by atoms with Gasteiger partial charge in [-0.05, 0) is 38.8 Å². The molecule has 5 N–H and O–H groups in total. The van der Waals surface area contributed by atoms with Crippen molar-refractivity contribution in [1.29, 1.82) is 0 Å². The van der Waals surface area contributed by atoms with Crippen molar-refractivity contribution in [3.8, 4) is 10.6 Å². The van der Waals surface area contributed by atoms with Crippen molar-refractivity contribution in [3.63, 3.8) is 0 Å². The summed E-state index contributed by atoms with van der Waals surface area (Å²) in [7, 11) is 0. The van der Waals surface area contributed by atoms with Gasteiger partial charge in [0.25, 0.3) is 0 Å². The largest absolute Gasteiger partial charge is 0.396 e. The van der Waals surface area contributed by atoms with E-state index in [2.05, 4.69) is 46.8 Å². The number of nitrogens with one attached hydrogen (secondary N) is 2. The highest BCUT2D eigenvalue weighted by Gasteiger charge is 2.41. The van der Waals surface area contributed by atoms with Gasteiger partial charge >= 0.3 is 0 Å². The Morgan fingerprint density at radius 1 is 1.06 bits per heavy atom. The van der Waals surface area contributed by atoms with Crippen LogP contribution in [0.15, 0.2) is 42.7 Å². The smallest absolute Gasteiger partial charge is 0.225 e. The van der Waals surface area contributed by atoms with Gasteiger partial charge in [0.15, 0.2) is 0 Å². The molecule has 0 spiro atoms. The summed E-state index contributed by atoms with van der Waals surface area (Å²) in [6, 6.07) is 9.70. The third-order valence-corrected chi connectivity index (χ3v) is 7.83. The maximum Gasteiger partial charge on any atom is 0.225 e. The summed E-state index contributed by atoms with van der Waals surface area (Å²) in [5, 5.41) is 38.1. The van der Waals surface area contributed by atoms with Gasteiger partial charge in [-0.2, -0.15) is 4.98 Å². The van der Waals surface area contributed by atoms with Crippen molar-refractivity contribution in [2.24, 2.45) is 5.92 Å². The molecule has 0 unspecified atom stereocenters. The van der Waals surface area contributed by atoms with Crippen LogP contribution in [0.4, 0.5) is 11.8 Å². The molecule has 36 heavy (non-hydrogen) atoms. The van der Waals surface area contributed by atoms with E-state index in [4.69, 9.17) is 15.0 Å². The Hall–Kier alpha value is -3.18. The highest BCUT2D eigenvalue weighted by molar-refractivity contribution is 7.21. The lowest BCUT2D eigenvalue weighted by Crippen LogP contribution is -2.35. The molecule has 1 aliphatic rings. The maximum atomic E-state index is 10.6. The summed E-state index contributed by atoms with van der Waals surface area (Å²) >= 11 is 1.52. The van der Waals surface area contributed by atoms with E-state index in [0.29, 0.717) is 18.2 Å². The molecule has 10 heteroatoms. The van der Waals surface area contributed by atoms with Crippen molar-refractivity contribution >= 4 is 33.3 Å². The Bertz CT molecular complexity index is 1330. The first kappa shape index (κ1) is 24.5. The van der Waals surface area contributed by atoms with E-state index in [-0.39, 0.29) is 12.6 Å². The molecular weight excluding hydrogens is 476 g/mol. The van der Waals surface area contributed by atoms with E-state index in [1.54, 1.807) is 12.4 Å². The fraction of sp³-hybridized carbons (Fsp3) is 0.385. The number of pyridine rings is 1. The number of aryl methyl sites for hydroxylation is 2. The number of hydrogen-bond donors (Lipinski definition) is 5. The predicted molar refractivity (Wildman–Crippen MR) is 141 cm³/mol. The van der Waals surface area contributed by atoms with E-state index in [0.717, 1.165) is 32.0 Å². The monoisotopic (exact) mass is 506 g/mol. The molecule has 4 aromatic rings. The lowest BCUT2D eigenvalue weighted by molar-refractivity contribution is 0.00446. The lowest BCUT2D eigenvalue weighted by Gasteiger charge is -2.22. The normalized spacial score (nSPS) is 22.6. The molecule has 1 saturated carbocycles. The number of aliphatic hydroxyl groups excluding tert-OH is 3. The number of hydrogen-bond acceptors (Lipinski definition) is 10. The quantitative estimate of drug-likeness (QED) is 0.255. The van der Waals surface area contributed by atoms with Crippen LogP contribution in [0.3, 0.4) is 0 Å². The summed E-state index contributed by atoms with van der Waals surface area (Å²) < 4.78 is 0.997. The van der Waals surface area contributed by atoms with Gasteiger partial charge in [-0.1, -0.05) is 29.8 Å². The summed E-state index contributed by atoms with van der Waals surface area (Å²) in [4.78, 5) is 18.5. The SMILES string of the molecule is Cc1ccc([C@H](C)Nc2nc(C)c(-c3nc4cnccc4s3)c(N[C@@H]3C[C@H](CO)[C@@H](O)[C@H]3O)n2)cc1. The van der Waals surface area contributed by atoms with Crippen molar-refractivity contribution < 1.29 is 15.3 Å². The zero-order valence-electron chi connectivity index (χ0n) is 20.4. The summed E-state index contributed by atoms with van der Waals surface area (Å²) in [6.07, 6.45) is 1.82. The number of benzene rings is 1. The van der Waals surface area contributed by atoms with Gasteiger partial charge in [-0.25, -0.2) is 9.97 Å².